The van der Waals surface area contributed by atoms with Crippen LogP contribution in [0.25, 0.3) is 11.3 Å². The maximum Gasteiger partial charge on any atom is 0.220 e. The molecule has 0 saturated heterocycles. The lowest BCUT2D eigenvalue weighted by Gasteiger charge is -2.05. The van der Waals surface area contributed by atoms with Crippen LogP contribution in [-0.2, 0) is 0 Å². The highest BCUT2D eigenvalue weighted by Gasteiger charge is 2.04. The molecule has 3 nitrogen and oxygen atoms in total. The summed E-state index contributed by atoms with van der Waals surface area (Å²) >= 11 is 3.44. The molecule has 0 unspecified atom stereocenters. The van der Waals surface area contributed by atoms with Gasteiger partial charge in [0.25, 0.3) is 0 Å². The van der Waals surface area contributed by atoms with Gasteiger partial charge in [0.1, 0.15) is 0 Å². The molecule has 1 aromatic heterocycles. The Kier molecular flexibility index (Phi) is 2.68. The van der Waals surface area contributed by atoms with Gasteiger partial charge in [0.15, 0.2) is 0 Å². The van der Waals surface area contributed by atoms with Crippen LogP contribution < -0.4 is 5.73 Å². The normalized spacial score (nSPS) is 10.3. The largest absolute Gasteiger partial charge is 0.368 e. The third-order valence-corrected chi connectivity index (χ3v) is 2.64. The number of anilines is 1. The Morgan fingerprint density at radius 3 is 2.80 bits per heavy atom. The molecule has 0 fully saturated rings. The third-order valence-electron chi connectivity index (χ3n) is 2.15. The van der Waals surface area contributed by atoms with Crippen LogP contribution in [0.3, 0.4) is 0 Å². The van der Waals surface area contributed by atoms with Crippen molar-refractivity contribution in [1.82, 2.24) is 9.97 Å². The van der Waals surface area contributed by atoms with Gasteiger partial charge in [-0.2, -0.15) is 0 Å². The zero-order chi connectivity index (χ0) is 10.8. The van der Waals surface area contributed by atoms with E-state index in [0.717, 1.165) is 21.3 Å². The fraction of sp³-hybridized carbons (Fsp3) is 0.0909. The lowest BCUT2D eigenvalue weighted by Crippen LogP contribution is -1.96. The average Bonchev–Trinajstić information content (AvgIpc) is 2.22. The van der Waals surface area contributed by atoms with E-state index in [4.69, 9.17) is 5.73 Å². The molecule has 0 atom stereocenters. The monoisotopic (exact) mass is 263 g/mol. The number of aryl methyl sites for hydroxylation is 1. The standard InChI is InChI=1S/C11H10BrN3/c1-7-2-3-8(12)6-9(7)10-4-5-14-11(13)15-10/h2-6H,1H3,(H2,13,14,15). The Bertz CT molecular complexity index is 497. The molecule has 15 heavy (non-hydrogen) atoms. The molecule has 2 aromatic rings. The molecule has 0 saturated carbocycles. The molecule has 2 rings (SSSR count). The van der Waals surface area contributed by atoms with Crippen molar-refractivity contribution in [2.45, 2.75) is 6.92 Å². The number of hydrogen-bond acceptors (Lipinski definition) is 3. The number of benzene rings is 1. The smallest absolute Gasteiger partial charge is 0.220 e. The van der Waals surface area contributed by atoms with Crippen molar-refractivity contribution in [3.63, 3.8) is 0 Å². The minimum absolute atomic E-state index is 0.298. The van der Waals surface area contributed by atoms with Crippen molar-refractivity contribution in [1.29, 1.82) is 0 Å². The molecule has 2 N–H and O–H groups in total. The van der Waals surface area contributed by atoms with Gasteiger partial charge in [-0.1, -0.05) is 22.0 Å². The number of nitrogens with two attached hydrogens (primary N) is 1. The summed E-state index contributed by atoms with van der Waals surface area (Å²) in [5, 5.41) is 0. The van der Waals surface area contributed by atoms with Gasteiger partial charge >= 0.3 is 0 Å². The number of hydrogen-bond donors (Lipinski definition) is 1. The molecular formula is C11H10BrN3. The first-order valence-electron chi connectivity index (χ1n) is 4.52. The Balaban J connectivity index is 2.58. The van der Waals surface area contributed by atoms with Crippen LogP contribution in [0.15, 0.2) is 34.9 Å². The lowest BCUT2D eigenvalue weighted by atomic mass is 10.1. The summed E-state index contributed by atoms with van der Waals surface area (Å²) in [5.74, 6) is 0.298. The molecule has 1 heterocycles. The maximum absolute atomic E-state index is 5.55. The van der Waals surface area contributed by atoms with E-state index >= 15 is 0 Å². The predicted octanol–water partition coefficient (Wildman–Crippen LogP) is 2.80. The molecule has 76 valence electrons. The number of halogens is 1. The average molecular weight is 264 g/mol. The minimum Gasteiger partial charge on any atom is -0.368 e. The fourth-order valence-electron chi connectivity index (χ4n) is 1.39. The van der Waals surface area contributed by atoms with Crippen molar-refractivity contribution >= 4 is 21.9 Å². The van der Waals surface area contributed by atoms with Gasteiger partial charge in [-0.15, -0.1) is 0 Å². The fourth-order valence-corrected chi connectivity index (χ4v) is 1.76. The van der Waals surface area contributed by atoms with Gasteiger partial charge < -0.3 is 5.73 Å². The molecular weight excluding hydrogens is 254 g/mol. The van der Waals surface area contributed by atoms with Gasteiger partial charge in [0.2, 0.25) is 5.95 Å². The van der Waals surface area contributed by atoms with E-state index in [1.807, 2.05) is 31.2 Å². The third kappa shape index (κ3) is 2.15. The number of rotatable bonds is 1. The predicted molar refractivity (Wildman–Crippen MR) is 64.3 cm³/mol. The second-order valence-electron chi connectivity index (χ2n) is 3.26. The van der Waals surface area contributed by atoms with Crippen LogP contribution >= 0.6 is 15.9 Å². The van der Waals surface area contributed by atoms with Crippen molar-refractivity contribution in [3.05, 3.63) is 40.5 Å². The van der Waals surface area contributed by atoms with Gasteiger partial charge in [-0.05, 0) is 30.7 Å². The summed E-state index contributed by atoms with van der Waals surface area (Å²) in [6.45, 7) is 2.04. The molecule has 1 aromatic carbocycles. The first-order chi connectivity index (χ1) is 7.16. The number of nitrogen functional groups attached to an aromatic ring is 1. The molecule has 0 spiro atoms. The van der Waals surface area contributed by atoms with Crippen LogP contribution in [0.5, 0.6) is 0 Å². The summed E-state index contributed by atoms with van der Waals surface area (Å²) < 4.78 is 1.03. The van der Waals surface area contributed by atoms with Crippen LogP contribution in [0.4, 0.5) is 5.95 Å². The van der Waals surface area contributed by atoms with E-state index < -0.39 is 0 Å². The zero-order valence-corrected chi connectivity index (χ0v) is 9.82. The highest BCUT2D eigenvalue weighted by atomic mass is 79.9. The quantitative estimate of drug-likeness (QED) is 0.861. The minimum atomic E-state index is 0.298. The van der Waals surface area contributed by atoms with E-state index in [1.54, 1.807) is 6.20 Å². The Morgan fingerprint density at radius 1 is 1.27 bits per heavy atom. The van der Waals surface area contributed by atoms with Crippen molar-refractivity contribution in [3.8, 4) is 11.3 Å². The molecule has 0 aliphatic rings. The van der Waals surface area contributed by atoms with E-state index in [1.165, 1.54) is 0 Å². The molecule has 0 aliphatic carbocycles. The number of nitrogens with zero attached hydrogens (tertiary/aromatic N) is 2. The SMILES string of the molecule is Cc1ccc(Br)cc1-c1ccnc(N)n1. The molecule has 0 radical (unpaired) electrons. The first-order valence-corrected chi connectivity index (χ1v) is 5.31. The number of aromatic nitrogens is 2. The van der Waals surface area contributed by atoms with Crippen molar-refractivity contribution in [2.24, 2.45) is 0 Å². The summed E-state index contributed by atoms with van der Waals surface area (Å²) in [6.07, 6.45) is 1.66. The second kappa shape index (κ2) is 3.98. The lowest BCUT2D eigenvalue weighted by molar-refractivity contribution is 1.18. The van der Waals surface area contributed by atoms with E-state index in [0.29, 0.717) is 5.95 Å². The van der Waals surface area contributed by atoms with Crippen LogP contribution in [0.1, 0.15) is 5.56 Å². The molecule has 0 bridgehead atoms. The van der Waals surface area contributed by atoms with Crippen molar-refractivity contribution in [2.75, 3.05) is 5.73 Å². The Labute approximate surface area is 96.5 Å². The second-order valence-corrected chi connectivity index (χ2v) is 4.17. The highest BCUT2D eigenvalue weighted by molar-refractivity contribution is 9.10. The van der Waals surface area contributed by atoms with Gasteiger partial charge in [-0.25, -0.2) is 9.97 Å². The van der Waals surface area contributed by atoms with E-state index in [9.17, 15) is 0 Å². The van der Waals surface area contributed by atoms with Crippen LogP contribution in [0.2, 0.25) is 0 Å². The molecule has 0 amide bonds. The van der Waals surface area contributed by atoms with E-state index in [2.05, 4.69) is 25.9 Å². The summed E-state index contributed by atoms with van der Waals surface area (Å²) in [6, 6.07) is 7.92. The Morgan fingerprint density at radius 2 is 2.07 bits per heavy atom. The topological polar surface area (TPSA) is 51.8 Å². The first kappa shape index (κ1) is 10.1. The van der Waals surface area contributed by atoms with Crippen molar-refractivity contribution < 1.29 is 0 Å². The summed E-state index contributed by atoms with van der Waals surface area (Å²) in [7, 11) is 0. The highest BCUT2D eigenvalue weighted by Crippen LogP contribution is 2.25. The van der Waals surface area contributed by atoms with Gasteiger partial charge in [-0.3, -0.25) is 0 Å². The zero-order valence-electron chi connectivity index (χ0n) is 8.24. The van der Waals surface area contributed by atoms with E-state index in [-0.39, 0.29) is 0 Å². The molecule has 0 aliphatic heterocycles. The molecule has 4 heteroatoms. The van der Waals surface area contributed by atoms with Gasteiger partial charge in [0, 0.05) is 16.2 Å². The summed E-state index contributed by atoms with van der Waals surface area (Å²) in [5.41, 5.74) is 8.63. The summed E-state index contributed by atoms with van der Waals surface area (Å²) in [4.78, 5) is 8.06. The van der Waals surface area contributed by atoms with Gasteiger partial charge in [0.05, 0.1) is 5.69 Å². The van der Waals surface area contributed by atoms with Crippen LogP contribution in [0, 0.1) is 6.92 Å². The maximum atomic E-state index is 5.55. The Hall–Kier alpha value is -1.42. The van der Waals surface area contributed by atoms with Crippen LogP contribution in [-0.4, -0.2) is 9.97 Å².